The van der Waals surface area contributed by atoms with Crippen molar-refractivity contribution < 1.29 is 9.90 Å². The number of rotatable bonds is 3. The van der Waals surface area contributed by atoms with E-state index in [9.17, 15) is 4.79 Å². The molecule has 7 heteroatoms. The van der Waals surface area contributed by atoms with Gasteiger partial charge in [-0.05, 0) is 48.6 Å². The Morgan fingerprint density at radius 1 is 1.32 bits per heavy atom. The van der Waals surface area contributed by atoms with Crippen LogP contribution < -0.4 is 0 Å². The molecule has 0 aromatic carbocycles. The number of carbonyl (C=O) groups is 1. The van der Waals surface area contributed by atoms with Crippen molar-refractivity contribution in [2.45, 2.75) is 25.3 Å². The minimum atomic E-state index is -0.822. The Bertz CT molecular complexity index is 912. The van der Waals surface area contributed by atoms with Crippen molar-refractivity contribution in [2.75, 3.05) is 13.1 Å². The molecular formula is C18H18ClN3O2S. The van der Waals surface area contributed by atoms with Crippen LogP contribution in [-0.2, 0) is 6.54 Å². The summed E-state index contributed by atoms with van der Waals surface area (Å²) in [6.45, 7) is 1.93. The van der Waals surface area contributed by atoms with Gasteiger partial charge in [0.15, 0.2) is 0 Å². The maximum Gasteiger partial charge on any atom is 0.407 e. The summed E-state index contributed by atoms with van der Waals surface area (Å²) in [4.78, 5) is 18.4. The van der Waals surface area contributed by atoms with Crippen LogP contribution in [0.5, 0.6) is 0 Å². The third kappa shape index (κ3) is 3.24. The summed E-state index contributed by atoms with van der Waals surface area (Å²) in [5, 5.41) is 10.3. The number of pyridine rings is 1. The molecule has 1 saturated heterocycles. The second kappa shape index (κ2) is 6.69. The fourth-order valence-corrected chi connectivity index (χ4v) is 4.67. The third-order valence-corrected chi connectivity index (χ3v) is 6.04. The lowest BCUT2D eigenvalue weighted by atomic mass is 9.90. The minimum absolute atomic E-state index is 0.371. The van der Waals surface area contributed by atoms with Crippen molar-refractivity contribution in [2.24, 2.45) is 0 Å². The van der Waals surface area contributed by atoms with Crippen LogP contribution in [0.3, 0.4) is 0 Å². The van der Waals surface area contributed by atoms with E-state index in [2.05, 4.69) is 21.8 Å². The number of thiophene rings is 1. The molecule has 0 saturated carbocycles. The van der Waals surface area contributed by atoms with Gasteiger partial charge in [0, 0.05) is 35.7 Å². The van der Waals surface area contributed by atoms with Crippen molar-refractivity contribution >= 4 is 40.1 Å². The maximum absolute atomic E-state index is 11.1. The van der Waals surface area contributed by atoms with Crippen LogP contribution in [0.4, 0.5) is 4.79 Å². The lowest BCUT2D eigenvalue weighted by Gasteiger charge is -2.29. The van der Waals surface area contributed by atoms with Crippen LogP contribution in [0.25, 0.3) is 11.0 Å². The van der Waals surface area contributed by atoms with Gasteiger partial charge in [-0.25, -0.2) is 9.78 Å². The predicted octanol–water partition coefficient (Wildman–Crippen LogP) is 4.66. The van der Waals surface area contributed by atoms with Gasteiger partial charge in [-0.15, -0.1) is 11.3 Å². The summed E-state index contributed by atoms with van der Waals surface area (Å²) < 4.78 is 2.97. The van der Waals surface area contributed by atoms with E-state index in [0.29, 0.717) is 19.0 Å². The number of nitrogens with zero attached hydrogens (tertiary/aromatic N) is 3. The molecule has 5 nitrogen and oxygen atoms in total. The van der Waals surface area contributed by atoms with Gasteiger partial charge in [-0.3, -0.25) is 0 Å². The molecule has 0 atom stereocenters. The van der Waals surface area contributed by atoms with Crippen LogP contribution in [0.15, 0.2) is 36.7 Å². The van der Waals surface area contributed by atoms with Gasteiger partial charge in [-0.2, -0.15) is 0 Å². The molecule has 0 unspecified atom stereocenters. The van der Waals surface area contributed by atoms with Gasteiger partial charge < -0.3 is 14.6 Å². The van der Waals surface area contributed by atoms with Crippen LogP contribution in [0, 0.1) is 0 Å². The molecule has 0 radical (unpaired) electrons. The van der Waals surface area contributed by atoms with Crippen LogP contribution in [0.2, 0.25) is 4.34 Å². The summed E-state index contributed by atoms with van der Waals surface area (Å²) in [5.74, 6) is 0.371. The van der Waals surface area contributed by atoms with E-state index in [0.717, 1.165) is 29.4 Å². The quantitative estimate of drug-likeness (QED) is 0.724. The van der Waals surface area contributed by atoms with Crippen molar-refractivity contribution in [3.05, 3.63) is 51.4 Å². The molecule has 4 heterocycles. The maximum atomic E-state index is 11.1. The number of hydrogen-bond donors (Lipinski definition) is 1. The SMILES string of the molecule is O=C(O)N1CCC(c2cn(Cc3ccc(Cl)s3)c3ncccc23)CC1. The summed E-state index contributed by atoms with van der Waals surface area (Å²) in [5.41, 5.74) is 2.25. The van der Waals surface area contributed by atoms with Gasteiger partial charge in [0.2, 0.25) is 0 Å². The summed E-state index contributed by atoms with van der Waals surface area (Å²) in [7, 11) is 0. The first-order valence-corrected chi connectivity index (χ1v) is 9.47. The highest BCUT2D eigenvalue weighted by atomic mass is 35.5. The first-order chi connectivity index (χ1) is 12.1. The van der Waals surface area contributed by atoms with E-state index >= 15 is 0 Å². The lowest BCUT2D eigenvalue weighted by Crippen LogP contribution is -2.36. The van der Waals surface area contributed by atoms with E-state index in [1.54, 1.807) is 11.3 Å². The first kappa shape index (κ1) is 16.4. The topological polar surface area (TPSA) is 58.4 Å². The zero-order chi connectivity index (χ0) is 17.4. The second-order valence-corrected chi connectivity index (χ2v) is 8.14. The number of halogens is 1. The van der Waals surface area contributed by atoms with E-state index < -0.39 is 6.09 Å². The second-order valence-electron chi connectivity index (χ2n) is 6.34. The van der Waals surface area contributed by atoms with Crippen molar-refractivity contribution in [3.63, 3.8) is 0 Å². The number of likely N-dealkylation sites (tertiary alicyclic amines) is 1. The molecule has 3 aromatic heterocycles. The molecule has 25 heavy (non-hydrogen) atoms. The van der Waals surface area contributed by atoms with Gasteiger partial charge >= 0.3 is 6.09 Å². The average Bonchev–Trinajstić information content (AvgIpc) is 3.19. The number of fused-ring (bicyclic) bond motifs is 1. The summed E-state index contributed by atoms with van der Waals surface area (Å²) in [6, 6.07) is 8.04. The Kier molecular flexibility index (Phi) is 4.39. The molecule has 1 aliphatic heterocycles. The first-order valence-electron chi connectivity index (χ1n) is 8.27. The van der Waals surface area contributed by atoms with Gasteiger partial charge in [0.05, 0.1) is 10.9 Å². The Hall–Kier alpha value is -2.05. The van der Waals surface area contributed by atoms with E-state index in [-0.39, 0.29) is 0 Å². The standard InChI is InChI=1S/C18H18ClN3O2S/c19-16-4-3-13(25-16)10-22-11-15(14-2-1-7-20-17(14)22)12-5-8-21(9-6-12)18(23)24/h1-4,7,11-12H,5-6,8-10H2,(H,23,24). The van der Waals surface area contributed by atoms with Crippen molar-refractivity contribution in [1.29, 1.82) is 0 Å². The van der Waals surface area contributed by atoms with Crippen LogP contribution in [0.1, 0.15) is 29.2 Å². The number of amides is 1. The number of carboxylic acid groups (broad SMARTS) is 1. The Labute approximate surface area is 154 Å². The largest absolute Gasteiger partial charge is 0.465 e. The highest BCUT2D eigenvalue weighted by Crippen LogP contribution is 2.34. The molecular weight excluding hydrogens is 358 g/mol. The van der Waals surface area contributed by atoms with Crippen molar-refractivity contribution in [3.8, 4) is 0 Å². The highest BCUT2D eigenvalue weighted by molar-refractivity contribution is 7.16. The molecule has 130 valence electrons. The molecule has 0 spiro atoms. The molecule has 1 amide bonds. The molecule has 1 aliphatic rings. The van der Waals surface area contributed by atoms with E-state index in [1.165, 1.54) is 20.7 Å². The predicted molar refractivity (Wildman–Crippen MR) is 99.7 cm³/mol. The molecule has 1 fully saturated rings. The number of piperidine rings is 1. The van der Waals surface area contributed by atoms with Crippen LogP contribution >= 0.6 is 22.9 Å². The van der Waals surface area contributed by atoms with E-state index in [4.69, 9.17) is 16.7 Å². The third-order valence-electron chi connectivity index (χ3n) is 4.83. The number of aromatic nitrogens is 2. The van der Waals surface area contributed by atoms with Gasteiger partial charge in [0.25, 0.3) is 0 Å². The molecule has 1 N–H and O–H groups in total. The zero-order valence-corrected chi connectivity index (χ0v) is 15.1. The van der Waals surface area contributed by atoms with Gasteiger partial charge in [0.1, 0.15) is 5.65 Å². The molecule has 0 aliphatic carbocycles. The molecule has 4 rings (SSSR count). The van der Waals surface area contributed by atoms with Crippen molar-refractivity contribution in [1.82, 2.24) is 14.5 Å². The fraction of sp³-hybridized carbons (Fsp3) is 0.333. The Morgan fingerprint density at radius 3 is 2.80 bits per heavy atom. The Morgan fingerprint density at radius 2 is 2.12 bits per heavy atom. The summed E-state index contributed by atoms with van der Waals surface area (Å²) in [6.07, 6.45) is 4.89. The smallest absolute Gasteiger partial charge is 0.407 e. The number of hydrogen-bond acceptors (Lipinski definition) is 3. The fourth-order valence-electron chi connectivity index (χ4n) is 3.58. The van der Waals surface area contributed by atoms with Crippen LogP contribution in [-0.4, -0.2) is 38.7 Å². The molecule has 0 bridgehead atoms. The highest BCUT2D eigenvalue weighted by Gasteiger charge is 2.26. The van der Waals surface area contributed by atoms with Gasteiger partial charge in [-0.1, -0.05) is 11.6 Å². The normalized spacial score (nSPS) is 15.8. The zero-order valence-electron chi connectivity index (χ0n) is 13.6. The molecule has 3 aromatic rings. The monoisotopic (exact) mass is 375 g/mol. The lowest BCUT2D eigenvalue weighted by molar-refractivity contribution is 0.132. The summed E-state index contributed by atoms with van der Waals surface area (Å²) >= 11 is 7.64. The minimum Gasteiger partial charge on any atom is -0.465 e. The Balaban J connectivity index is 1.64. The van der Waals surface area contributed by atoms with E-state index in [1.807, 2.05) is 24.4 Å². The average molecular weight is 376 g/mol.